The van der Waals surface area contributed by atoms with E-state index in [-0.39, 0.29) is 11.9 Å². The molecule has 4 heteroatoms. The molecule has 2 rings (SSSR count). The van der Waals surface area contributed by atoms with E-state index in [2.05, 4.69) is 5.32 Å². The van der Waals surface area contributed by atoms with Crippen LogP contribution in [0.25, 0.3) is 0 Å². The molecule has 0 saturated heterocycles. The molecule has 0 aliphatic heterocycles. The third-order valence-corrected chi connectivity index (χ3v) is 3.29. The van der Waals surface area contributed by atoms with Crippen LogP contribution in [0, 0.1) is 0 Å². The molecule has 0 radical (unpaired) electrons. The van der Waals surface area contributed by atoms with E-state index in [0.717, 1.165) is 11.3 Å². The van der Waals surface area contributed by atoms with Crippen molar-refractivity contribution in [2.24, 2.45) is 0 Å². The van der Waals surface area contributed by atoms with E-state index in [1.165, 1.54) is 0 Å². The number of carbonyl (C=O) groups is 1. The number of ether oxygens (including phenoxy) is 1. The highest BCUT2D eigenvalue weighted by Crippen LogP contribution is 2.17. The molecule has 0 bridgehead atoms. The lowest BCUT2D eigenvalue weighted by Gasteiger charge is -2.23. The minimum Gasteiger partial charge on any atom is -0.492 e. The van der Waals surface area contributed by atoms with Crippen molar-refractivity contribution in [2.75, 3.05) is 27.2 Å². The summed E-state index contributed by atoms with van der Waals surface area (Å²) >= 11 is 0. The van der Waals surface area contributed by atoms with Gasteiger partial charge in [-0.1, -0.05) is 48.5 Å². The van der Waals surface area contributed by atoms with Crippen molar-refractivity contribution in [1.82, 2.24) is 10.2 Å². The Bertz CT molecular complexity index is 570. The summed E-state index contributed by atoms with van der Waals surface area (Å²) in [5.74, 6) is 0.789. The van der Waals surface area contributed by atoms with Crippen molar-refractivity contribution in [3.05, 3.63) is 66.2 Å². The maximum absolute atomic E-state index is 12.4. The van der Waals surface area contributed by atoms with E-state index in [9.17, 15) is 4.79 Å². The number of carbonyl (C=O) groups excluding carboxylic acids is 1. The summed E-state index contributed by atoms with van der Waals surface area (Å²) in [6, 6.07) is 19.0. The number of nitrogens with zero attached hydrogens (tertiary/aromatic N) is 1. The SMILES string of the molecule is CN(C)[C@H](C(=O)NCCOc1ccccc1)c1ccccc1. The van der Waals surface area contributed by atoms with Crippen molar-refractivity contribution >= 4 is 5.91 Å². The molecule has 0 unspecified atom stereocenters. The molecular weight excluding hydrogens is 276 g/mol. The predicted molar refractivity (Wildman–Crippen MR) is 87.8 cm³/mol. The number of hydrogen-bond donors (Lipinski definition) is 1. The van der Waals surface area contributed by atoms with Gasteiger partial charge in [0.2, 0.25) is 5.91 Å². The Kier molecular flexibility index (Phi) is 5.98. The minimum absolute atomic E-state index is 0.0205. The summed E-state index contributed by atoms with van der Waals surface area (Å²) in [7, 11) is 3.80. The fraction of sp³-hybridized carbons (Fsp3) is 0.278. The van der Waals surface area contributed by atoms with Gasteiger partial charge in [0.15, 0.2) is 0 Å². The van der Waals surface area contributed by atoms with E-state index in [0.29, 0.717) is 13.2 Å². The van der Waals surface area contributed by atoms with Gasteiger partial charge in [-0.3, -0.25) is 9.69 Å². The van der Waals surface area contributed by atoms with Gasteiger partial charge in [-0.15, -0.1) is 0 Å². The number of likely N-dealkylation sites (N-methyl/N-ethyl adjacent to an activating group) is 1. The van der Waals surface area contributed by atoms with Crippen LogP contribution in [0.15, 0.2) is 60.7 Å². The molecule has 0 aliphatic carbocycles. The lowest BCUT2D eigenvalue weighted by atomic mass is 10.1. The molecule has 2 aromatic carbocycles. The maximum atomic E-state index is 12.4. The highest BCUT2D eigenvalue weighted by atomic mass is 16.5. The van der Waals surface area contributed by atoms with Gasteiger partial charge in [-0.2, -0.15) is 0 Å². The maximum Gasteiger partial charge on any atom is 0.242 e. The minimum atomic E-state index is -0.294. The summed E-state index contributed by atoms with van der Waals surface area (Å²) in [4.78, 5) is 14.3. The lowest BCUT2D eigenvalue weighted by Crippen LogP contribution is -2.38. The third-order valence-electron chi connectivity index (χ3n) is 3.29. The van der Waals surface area contributed by atoms with Crippen molar-refractivity contribution in [3.63, 3.8) is 0 Å². The Labute approximate surface area is 131 Å². The second-order valence-electron chi connectivity index (χ2n) is 5.23. The molecular formula is C18H22N2O2. The van der Waals surface area contributed by atoms with Crippen LogP contribution in [0.3, 0.4) is 0 Å². The van der Waals surface area contributed by atoms with Gasteiger partial charge in [-0.05, 0) is 31.8 Å². The van der Waals surface area contributed by atoms with Gasteiger partial charge in [0.05, 0.1) is 6.54 Å². The number of amides is 1. The van der Waals surface area contributed by atoms with Crippen LogP contribution in [-0.4, -0.2) is 38.1 Å². The first-order chi connectivity index (χ1) is 10.7. The number of nitrogens with one attached hydrogen (secondary N) is 1. The van der Waals surface area contributed by atoms with Crippen LogP contribution in [0.1, 0.15) is 11.6 Å². The Hall–Kier alpha value is -2.33. The fourth-order valence-electron chi connectivity index (χ4n) is 2.28. The van der Waals surface area contributed by atoms with Gasteiger partial charge >= 0.3 is 0 Å². The quantitative estimate of drug-likeness (QED) is 0.799. The van der Waals surface area contributed by atoms with Gasteiger partial charge in [-0.25, -0.2) is 0 Å². The second kappa shape index (κ2) is 8.20. The molecule has 4 nitrogen and oxygen atoms in total. The zero-order valence-electron chi connectivity index (χ0n) is 13.0. The molecule has 0 spiro atoms. The summed E-state index contributed by atoms with van der Waals surface area (Å²) in [5.41, 5.74) is 0.981. The van der Waals surface area contributed by atoms with Crippen LogP contribution >= 0.6 is 0 Å². The zero-order chi connectivity index (χ0) is 15.8. The van der Waals surface area contributed by atoms with E-state index in [4.69, 9.17) is 4.74 Å². The average molecular weight is 298 g/mol. The second-order valence-corrected chi connectivity index (χ2v) is 5.23. The van der Waals surface area contributed by atoms with Crippen LogP contribution in [-0.2, 0) is 4.79 Å². The molecule has 0 fully saturated rings. The average Bonchev–Trinajstić information content (AvgIpc) is 2.53. The summed E-state index contributed by atoms with van der Waals surface area (Å²) in [6.07, 6.45) is 0. The number of rotatable bonds is 7. The van der Waals surface area contributed by atoms with E-state index in [1.54, 1.807) is 0 Å². The van der Waals surface area contributed by atoms with E-state index < -0.39 is 0 Å². The van der Waals surface area contributed by atoms with E-state index >= 15 is 0 Å². The number of benzene rings is 2. The fourth-order valence-corrected chi connectivity index (χ4v) is 2.28. The van der Waals surface area contributed by atoms with Crippen molar-refractivity contribution in [2.45, 2.75) is 6.04 Å². The number of para-hydroxylation sites is 1. The standard InChI is InChI=1S/C18H22N2O2/c1-20(2)17(15-9-5-3-6-10-15)18(21)19-13-14-22-16-11-7-4-8-12-16/h3-12,17H,13-14H2,1-2H3,(H,19,21)/t17-/m0/s1. The Balaban J connectivity index is 1.84. The van der Waals surface area contributed by atoms with Crippen LogP contribution in [0.5, 0.6) is 5.75 Å². The first kappa shape index (κ1) is 16.0. The monoisotopic (exact) mass is 298 g/mol. The van der Waals surface area contributed by atoms with Gasteiger partial charge in [0, 0.05) is 0 Å². The largest absolute Gasteiger partial charge is 0.492 e. The Morgan fingerprint density at radius 1 is 1.05 bits per heavy atom. The van der Waals surface area contributed by atoms with E-state index in [1.807, 2.05) is 79.7 Å². The molecule has 0 aromatic heterocycles. The first-order valence-electron chi connectivity index (χ1n) is 7.35. The predicted octanol–water partition coefficient (Wildman–Crippen LogP) is 2.48. The summed E-state index contributed by atoms with van der Waals surface area (Å²) in [6.45, 7) is 0.926. The Morgan fingerprint density at radius 3 is 2.23 bits per heavy atom. The number of hydrogen-bond acceptors (Lipinski definition) is 3. The van der Waals surface area contributed by atoms with Crippen molar-refractivity contribution in [1.29, 1.82) is 0 Å². The molecule has 2 aromatic rings. The van der Waals surface area contributed by atoms with Crippen LogP contribution in [0.4, 0.5) is 0 Å². The molecule has 0 aliphatic rings. The van der Waals surface area contributed by atoms with Crippen LogP contribution in [0.2, 0.25) is 0 Å². The van der Waals surface area contributed by atoms with Gasteiger partial charge < -0.3 is 10.1 Å². The molecule has 1 amide bonds. The Morgan fingerprint density at radius 2 is 1.64 bits per heavy atom. The molecule has 22 heavy (non-hydrogen) atoms. The van der Waals surface area contributed by atoms with Crippen molar-refractivity contribution < 1.29 is 9.53 Å². The summed E-state index contributed by atoms with van der Waals surface area (Å²) < 4.78 is 5.57. The molecule has 1 atom stereocenters. The smallest absolute Gasteiger partial charge is 0.242 e. The lowest BCUT2D eigenvalue weighted by molar-refractivity contribution is -0.125. The van der Waals surface area contributed by atoms with Crippen LogP contribution < -0.4 is 10.1 Å². The van der Waals surface area contributed by atoms with Gasteiger partial charge in [0.25, 0.3) is 0 Å². The third kappa shape index (κ3) is 4.60. The first-order valence-corrected chi connectivity index (χ1v) is 7.35. The molecule has 0 heterocycles. The summed E-state index contributed by atoms with van der Waals surface area (Å²) in [5, 5.41) is 2.93. The zero-order valence-corrected chi connectivity index (χ0v) is 13.0. The molecule has 116 valence electrons. The highest BCUT2D eigenvalue weighted by Gasteiger charge is 2.22. The molecule has 1 N–H and O–H groups in total. The molecule has 0 saturated carbocycles. The topological polar surface area (TPSA) is 41.6 Å². The highest BCUT2D eigenvalue weighted by molar-refractivity contribution is 5.83. The van der Waals surface area contributed by atoms with Gasteiger partial charge in [0.1, 0.15) is 18.4 Å². The van der Waals surface area contributed by atoms with Crippen molar-refractivity contribution in [3.8, 4) is 5.75 Å². The normalized spacial score (nSPS) is 12.0.